The molecule has 0 spiro atoms. The number of rotatable bonds is 25. The van der Waals surface area contributed by atoms with Gasteiger partial charge in [0.25, 0.3) is 0 Å². The van der Waals surface area contributed by atoms with Crippen LogP contribution in [-0.4, -0.2) is 18.7 Å². The smallest absolute Gasteiger partial charge is 0.306 e. The molecular formula is C27H55O2P. The molecule has 1 unspecified atom stereocenters. The van der Waals surface area contributed by atoms with Crippen molar-refractivity contribution in [2.75, 3.05) is 12.8 Å². The third kappa shape index (κ3) is 25.9. The Hall–Kier alpha value is -0.100. The van der Waals surface area contributed by atoms with Gasteiger partial charge in [0, 0.05) is 6.42 Å². The van der Waals surface area contributed by atoms with Crippen LogP contribution in [0.2, 0.25) is 0 Å². The molecular weight excluding hydrogens is 387 g/mol. The number of hydrogen-bond acceptors (Lipinski definition) is 2. The van der Waals surface area contributed by atoms with Crippen LogP contribution in [0.5, 0.6) is 0 Å². The summed E-state index contributed by atoms with van der Waals surface area (Å²) in [5, 5.41) is 0. The summed E-state index contributed by atoms with van der Waals surface area (Å²) in [5.74, 6) is -0.0477. The van der Waals surface area contributed by atoms with Crippen molar-refractivity contribution in [1.82, 2.24) is 0 Å². The van der Waals surface area contributed by atoms with E-state index in [2.05, 4.69) is 16.2 Å². The van der Waals surface area contributed by atoms with Crippen molar-refractivity contribution in [2.45, 2.75) is 155 Å². The van der Waals surface area contributed by atoms with Gasteiger partial charge >= 0.3 is 5.97 Å². The predicted octanol–water partition coefficient (Wildman–Crippen LogP) is 9.40. The van der Waals surface area contributed by atoms with E-state index in [1.165, 1.54) is 135 Å². The normalized spacial score (nSPS) is 11.1. The fraction of sp³-hybridized carbons (Fsp3) is 0.963. The van der Waals surface area contributed by atoms with E-state index in [9.17, 15) is 4.79 Å². The summed E-state index contributed by atoms with van der Waals surface area (Å²) in [4.78, 5) is 11.2. The van der Waals surface area contributed by atoms with E-state index < -0.39 is 0 Å². The lowest BCUT2D eigenvalue weighted by Gasteiger charge is -2.05. The van der Waals surface area contributed by atoms with Crippen molar-refractivity contribution in [3.8, 4) is 0 Å². The second-order valence-electron chi connectivity index (χ2n) is 9.18. The van der Waals surface area contributed by atoms with Crippen molar-refractivity contribution < 1.29 is 9.53 Å². The first kappa shape index (κ1) is 29.9. The number of esters is 1. The van der Waals surface area contributed by atoms with Gasteiger partial charge < -0.3 is 4.74 Å². The Labute approximate surface area is 192 Å². The minimum Gasteiger partial charge on any atom is -0.466 e. The molecule has 0 amide bonds. The molecule has 0 saturated heterocycles. The highest BCUT2D eigenvalue weighted by Crippen LogP contribution is 2.15. The average Bonchev–Trinajstić information content (AvgIpc) is 2.74. The third-order valence-electron chi connectivity index (χ3n) is 6.11. The Kier molecular flexibility index (Phi) is 26.8. The number of carbonyl (C=O) groups is 1. The van der Waals surface area contributed by atoms with Crippen LogP contribution in [0.4, 0.5) is 0 Å². The van der Waals surface area contributed by atoms with E-state index in [-0.39, 0.29) is 5.97 Å². The van der Waals surface area contributed by atoms with Gasteiger partial charge in [0.1, 0.15) is 0 Å². The van der Waals surface area contributed by atoms with E-state index in [0.717, 1.165) is 12.6 Å². The van der Waals surface area contributed by atoms with E-state index in [1.54, 1.807) is 0 Å². The Morgan fingerprint density at radius 1 is 0.533 bits per heavy atom. The van der Waals surface area contributed by atoms with Crippen LogP contribution in [0.1, 0.15) is 155 Å². The Morgan fingerprint density at radius 3 is 1.13 bits per heavy atom. The van der Waals surface area contributed by atoms with Crippen molar-refractivity contribution in [3.05, 3.63) is 0 Å². The Balaban J connectivity index is 3.03. The van der Waals surface area contributed by atoms with Crippen molar-refractivity contribution in [1.29, 1.82) is 0 Å². The molecule has 0 radical (unpaired) electrons. The maximum atomic E-state index is 11.2. The van der Waals surface area contributed by atoms with Crippen LogP contribution < -0.4 is 0 Å². The molecule has 0 aliphatic carbocycles. The number of unbranched alkanes of at least 4 members (excludes halogenated alkanes) is 21. The summed E-state index contributed by atoms with van der Waals surface area (Å²) in [7, 11) is 2.56. The minimum atomic E-state index is -0.0477. The zero-order chi connectivity index (χ0) is 22.0. The van der Waals surface area contributed by atoms with Crippen molar-refractivity contribution in [3.63, 3.8) is 0 Å². The number of carbonyl (C=O) groups excluding carboxylic acids is 1. The topological polar surface area (TPSA) is 26.3 Å². The highest BCUT2D eigenvalue weighted by molar-refractivity contribution is 7.16. The van der Waals surface area contributed by atoms with Gasteiger partial charge in [0.05, 0.1) is 6.61 Å². The van der Waals surface area contributed by atoms with E-state index in [1.807, 2.05) is 0 Å². The van der Waals surface area contributed by atoms with Gasteiger partial charge in [-0.2, -0.15) is 0 Å². The molecule has 0 heterocycles. The van der Waals surface area contributed by atoms with Crippen LogP contribution in [0, 0.1) is 0 Å². The molecule has 2 nitrogen and oxygen atoms in total. The van der Waals surface area contributed by atoms with Gasteiger partial charge in [-0.15, -0.1) is 9.24 Å². The van der Waals surface area contributed by atoms with E-state index >= 15 is 0 Å². The van der Waals surface area contributed by atoms with E-state index in [0.29, 0.717) is 13.0 Å². The molecule has 0 bridgehead atoms. The van der Waals surface area contributed by atoms with Crippen LogP contribution in [0.25, 0.3) is 0 Å². The molecule has 0 aromatic heterocycles. The summed E-state index contributed by atoms with van der Waals surface area (Å²) in [6.45, 7) is 2.91. The first-order chi connectivity index (χ1) is 14.8. The van der Waals surface area contributed by atoms with Gasteiger partial charge in [-0.1, -0.05) is 142 Å². The minimum absolute atomic E-state index is 0.0477. The maximum absolute atomic E-state index is 11.2. The largest absolute Gasteiger partial charge is 0.466 e. The molecule has 0 rings (SSSR count). The lowest BCUT2D eigenvalue weighted by Crippen LogP contribution is -2.05. The van der Waals surface area contributed by atoms with E-state index in [4.69, 9.17) is 4.74 Å². The molecule has 0 saturated carbocycles. The summed E-state index contributed by atoms with van der Waals surface area (Å²) >= 11 is 0. The molecule has 0 aliphatic heterocycles. The van der Waals surface area contributed by atoms with Crippen LogP contribution in [-0.2, 0) is 9.53 Å². The molecule has 0 aromatic carbocycles. The summed E-state index contributed by atoms with van der Waals surface area (Å²) in [6.07, 6.45) is 32.2. The average molecular weight is 443 g/mol. The van der Waals surface area contributed by atoms with Gasteiger partial charge in [-0.25, -0.2) is 0 Å². The zero-order valence-corrected chi connectivity index (χ0v) is 21.7. The molecule has 180 valence electrons. The summed E-state index contributed by atoms with van der Waals surface area (Å²) < 4.78 is 5.17. The second kappa shape index (κ2) is 26.9. The molecule has 1 atom stereocenters. The van der Waals surface area contributed by atoms with Gasteiger partial charge in [-0.3, -0.25) is 4.79 Å². The quantitative estimate of drug-likeness (QED) is 0.0799. The highest BCUT2D eigenvalue weighted by Gasteiger charge is 2.00. The number of ether oxygens (including phenoxy) is 1. The number of hydrogen-bond donors (Lipinski definition) is 0. The highest BCUT2D eigenvalue weighted by atomic mass is 31.0. The predicted molar refractivity (Wildman–Crippen MR) is 137 cm³/mol. The van der Waals surface area contributed by atoms with Crippen LogP contribution in [0.15, 0.2) is 0 Å². The first-order valence-electron chi connectivity index (χ1n) is 13.7. The molecule has 0 fully saturated rings. The SMILES string of the molecule is CCCCCCCCCCCCCCCCCCCCCCCCOC(=O)CCP. The van der Waals surface area contributed by atoms with Gasteiger partial charge in [-0.05, 0) is 12.6 Å². The van der Waals surface area contributed by atoms with Crippen LogP contribution >= 0.6 is 9.24 Å². The monoisotopic (exact) mass is 442 g/mol. The Morgan fingerprint density at radius 2 is 0.833 bits per heavy atom. The molecule has 0 aliphatic rings. The fourth-order valence-electron chi connectivity index (χ4n) is 4.09. The van der Waals surface area contributed by atoms with Gasteiger partial charge in [0.2, 0.25) is 0 Å². The van der Waals surface area contributed by atoms with Gasteiger partial charge in [0.15, 0.2) is 0 Å². The lowest BCUT2D eigenvalue weighted by atomic mass is 10.0. The molecule has 0 N–H and O–H groups in total. The lowest BCUT2D eigenvalue weighted by molar-refractivity contribution is -0.143. The standard InChI is InChI=1S/C27H55O2P/c1-2-3-4-5-6-7-8-9-10-11-12-13-14-15-16-17-18-19-20-21-22-23-25-29-27(28)24-26-30/h2-26,30H2,1H3. The molecule has 30 heavy (non-hydrogen) atoms. The Bertz CT molecular complexity index is 333. The molecule has 3 heteroatoms. The first-order valence-corrected chi connectivity index (χ1v) is 14.5. The maximum Gasteiger partial charge on any atom is 0.306 e. The zero-order valence-electron chi connectivity index (χ0n) is 20.6. The van der Waals surface area contributed by atoms with Crippen LogP contribution in [0.3, 0.4) is 0 Å². The summed E-state index contributed by atoms with van der Waals surface area (Å²) in [6, 6.07) is 0. The molecule has 0 aromatic rings. The van der Waals surface area contributed by atoms with Crippen molar-refractivity contribution in [2.24, 2.45) is 0 Å². The second-order valence-corrected chi connectivity index (χ2v) is 9.76. The summed E-state index contributed by atoms with van der Waals surface area (Å²) in [5.41, 5.74) is 0. The third-order valence-corrected chi connectivity index (χ3v) is 6.40. The fourth-order valence-corrected chi connectivity index (χ4v) is 4.32. The van der Waals surface area contributed by atoms with Crippen molar-refractivity contribution >= 4 is 15.2 Å².